The van der Waals surface area contributed by atoms with E-state index in [4.69, 9.17) is 4.52 Å². The second-order valence-electron chi connectivity index (χ2n) is 4.12. The van der Waals surface area contributed by atoms with Crippen molar-refractivity contribution >= 4 is 0 Å². The third kappa shape index (κ3) is 2.45. The van der Waals surface area contributed by atoms with E-state index < -0.39 is 0 Å². The number of aromatic nitrogens is 2. The van der Waals surface area contributed by atoms with E-state index in [1.807, 2.05) is 0 Å². The van der Waals surface area contributed by atoms with Crippen LogP contribution >= 0.6 is 0 Å². The molecule has 1 aromatic carbocycles. The molecule has 0 fully saturated rings. The highest BCUT2D eigenvalue weighted by molar-refractivity contribution is 5.52. The molecular formula is C12H13FN2O. The predicted molar refractivity (Wildman–Crippen MR) is 58.2 cm³/mol. The highest BCUT2D eigenvalue weighted by atomic mass is 19.1. The van der Waals surface area contributed by atoms with Crippen molar-refractivity contribution < 1.29 is 8.91 Å². The Kier molecular flexibility index (Phi) is 2.99. The Bertz CT molecular complexity index is 462. The minimum Gasteiger partial charge on any atom is -0.334 e. The van der Waals surface area contributed by atoms with E-state index in [9.17, 15) is 4.39 Å². The van der Waals surface area contributed by atoms with E-state index in [1.165, 1.54) is 12.1 Å². The lowest BCUT2D eigenvalue weighted by atomic mass is 10.1. The summed E-state index contributed by atoms with van der Waals surface area (Å²) >= 11 is 0. The van der Waals surface area contributed by atoms with Gasteiger partial charge in [0.15, 0.2) is 5.82 Å². The maximum atomic E-state index is 12.7. The molecule has 0 unspecified atom stereocenters. The van der Waals surface area contributed by atoms with Crippen LogP contribution in [-0.4, -0.2) is 10.1 Å². The molecule has 0 N–H and O–H groups in total. The molecule has 0 spiro atoms. The van der Waals surface area contributed by atoms with Gasteiger partial charge in [0.2, 0.25) is 0 Å². The minimum absolute atomic E-state index is 0.273. The molecule has 0 aliphatic heterocycles. The van der Waals surface area contributed by atoms with Gasteiger partial charge >= 0.3 is 0 Å². The van der Waals surface area contributed by atoms with Gasteiger partial charge in [-0.25, -0.2) is 4.39 Å². The maximum Gasteiger partial charge on any atom is 0.257 e. The molecule has 0 amide bonds. The van der Waals surface area contributed by atoms with Crippen LogP contribution in [0, 0.1) is 11.7 Å². The van der Waals surface area contributed by atoms with Crippen molar-refractivity contribution in [1.29, 1.82) is 0 Å². The van der Waals surface area contributed by atoms with E-state index in [-0.39, 0.29) is 5.82 Å². The average molecular weight is 220 g/mol. The summed E-state index contributed by atoms with van der Waals surface area (Å²) in [6.07, 6.45) is 0.782. The minimum atomic E-state index is -0.273. The first-order valence-electron chi connectivity index (χ1n) is 5.23. The van der Waals surface area contributed by atoms with Crippen LogP contribution in [0.25, 0.3) is 11.5 Å². The molecule has 0 aliphatic rings. The van der Waals surface area contributed by atoms with Crippen molar-refractivity contribution in [2.45, 2.75) is 20.3 Å². The summed E-state index contributed by atoms with van der Waals surface area (Å²) in [6, 6.07) is 6.01. The summed E-state index contributed by atoms with van der Waals surface area (Å²) in [7, 11) is 0. The van der Waals surface area contributed by atoms with Crippen molar-refractivity contribution in [2.24, 2.45) is 5.92 Å². The van der Waals surface area contributed by atoms with Gasteiger partial charge in [0.05, 0.1) is 0 Å². The smallest absolute Gasteiger partial charge is 0.257 e. The Hall–Kier alpha value is -1.71. The van der Waals surface area contributed by atoms with Crippen LogP contribution in [0.1, 0.15) is 19.7 Å². The normalized spacial score (nSPS) is 11.0. The van der Waals surface area contributed by atoms with Crippen LogP contribution in [0.4, 0.5) is 4.39 Å². The lowest BCUT2D eigenvalue weighted by Crippen LogP contribution is -1.95. The summed E-state index contributed by atoms with van der Waals surface area (Å²) in [5.74, 6) is 1.34. The van der Waals surface area contributed by atoms with Gasteiger partial charge in [0.25, 0.3) is 5.89 Å². The molecule has 3 nitrogen and oxygen atoms in total. The highest BCUT2D eigenvalue weighted by Crippen LogP contribution is 2.18. The van der Waals surface area contributed by atoms with Crippen molar-refractivity contribution in [2.75, 3.05) is 0 Å². The second-order valence-corrected chi connectivity index (χ2v) is 4.12. The van der Waals surface area contributed by atoms with Gasteiger partial charge in [0.1, 0.15) is 5.82 Å². The summed E-state index contributed by atoms with van der Waals surface area (Å²) < 4.78 is 17.8. The van der Waals surface area contributed by atoms with E-state index in [0.717, 1.165) is 12.0 Å². The fourth-order valence-electron chi connectivity index (χ4n) is 1.41. The van der Waals surface area contributed by atoms with Crippen LogP contribution in [-0.2, 0) is 6.42 Å². The van der Waals surface area contributed by atoms with Crippen LogP contribution in [0.15, 0.2) is 28.8 Å². The standard InChI is InChI=1S/C12H13FN2O/c1-8(2)7-11-14-12(16-15-11)9-3-5-10(13)6-4-9/h3-6,8H,7H2,1-2H3. The molecule has 0 bridgehead atoms. The number of hydrogen-bond donors (Lipinski definition) is 0. The molecular weight excluding hydrogens is 207 g/mol. The van der Waals surface area contributed by atoms with Crippen molar-refractivity contribution in [1.82, 2.24) is 10.1 Å². The molecule has 2 rings (SSSR count). The number of hydrogen-bond acceptors (Lipinski definition) is 3. The zero-order chi connectivity index (χ0) is 11.5. The Morgan fingerprint density at radius 3 is 2.56 bits per heavy atom. The molecule has 84 valence electrons. The van der Waals surface area contributed by atoms with Crippen molar-refractivity contribution in [3.63, 3.8) is 0 Å². The van der Waals surface area contributed by atoms with Gasteiger partial charge < -0.3 is 4.52 Å². The summed E-state index contributed by atoms with van der Waals surface area (Å²) in [4.78, 5) is 4.25. The summed E-state index contributed by atoms with van der Waals surface area (Å²) in [5.41, 5.74) is 0.740. The molecule has 1 heterocycles. The van der Waals surface area contributed by atoms with E-state index in [2.05, 4.69) is 24.0 Å². The third-order valence-corrected chi connectivity index (χ3v) is 2.15. The average Bonchev–Trinajstić information content (AvgIpc) is 2.66. The molecule has 2 aromatic rings. The molecule has 0 saturated heterocycles. The first kappa shape index (κ1) is 10.8. The fraction of sp³-hybridized carbons (Fsp3) is 0.333. The molecule has 0 aliphatic carbocycles. The molecule has 0 saturated carbocycles. The van der Waals surface area contributed by atoms with Gasteiger partial charge in [-0.05, 0) is 30.2 Å². The van der Waals surface area contributed by atoms with E-state index in [0.29, 0.717) is 17.6 Å². The summed E-state index contributed by atoms with van der Waals surface area (Å²) in [5, 5.41) is 3.88. The topological polar surface area (TPSA) is 38.9 Å². The van der Waals surface area contributed by atoms with Gasteiger partial charge in [-0.2, -0.15) is 4.98 Å². The molecule has 0 radical (unpaired) electrons. The van der Waals surface area contributed by atoms with Crippen LogP contribution in [0.3, 0.4) is 0 Å². The number of halogens is 1. The zero-order valence-electron chi connectivity index (χ0n) is 9.27. The number of nitrogens with zero attached hydrogens (tertiary/aromatic N) is 2. The summed E-state index contributed by atoms with van der Waals surface area (Å²) in [6.45, 7) is 4.18. The first-order chi connectivity index (χ1) is 7.65. The fourth-order valence-corrected chi connectivity index (χ4v) is 1.41. The SMILES string of the molecule is CC(C)Cc1noc(-c2ccc(F)cc2)n1. The van der Waals surface area contributed by atoms with E-state index >= 15 is 0 Å². The number of benzene rings is 1. The Morgan fingerprint density at radius 2 is 1.94 bits per heavy atom. The Labute approximate surface area is 93.3 Å². The highest BCUT2D eigenvalue weighted by Gasteiger charge is 2.09. The molecule has 0 atom stereocenters. The van der Waals surface area contributed by atoms with Gasteiger partial charge in [-0.1, -0.05) is 19.0 Å². The maximum absolute atomic E-state index is 12.7. The van der Waals surface area contributed by atoms with Crippen LogP contribution < -0.4 is 0 Å². The molecule has 1 aromatic heterocycles. The Morgan fingerprint density at radius 1 is 1.25 bits per heavy atom. The van der Waals surface area contributed by atoms with Crippen molar-refractivity contribution in [3.8, 4) is 11.5 Å². The second kappa shape index (κ2) is 4.43. The van der Waals surface area contributed by atoms with Gasteiger partial charge in [-0.3, -0.25) is 0 Å². The number of rotatable bonds is 3. The van der Waals surface area contributed by atoms with Gasteiger partial charge in [-0.15, -0.1) is 0 Å². The quantitative estimate of drug-likeness (QED) is 0.797. The monoisotopic (exact) mass is 220 g/mol. The van der Waals surface area contributed by atoms with Crippen LogP contribution in [0.5, 0.6) is 0 Å². The first-order valence-corrected chi connectivity index (χ1v) is 5.23. The largest absolute Gasteiger partial charge is 0.334 e. The van der Waals surface area contributed by atoms with Gasteiger partial charge in [0, 0.05) is 12.0 Å². The third-order valence-electron chi connectivity index (χ3n) is 2.15. The van der Waals surface area contributed by atoms with Crippen LogP contribution in [0.2, 0.25) is 0 Å². The van der Waals surface area contributed by atoms with Crippen molar-refractivity contribution in [3.05, 3.63) is 35.9 Å². The lowest BCUT2D eigenvalue weighted by Gasteiger charge is -1.96. The molecule has 16 heavy (non-hydrogen) atoms. The lowest BCUT2D eigenvalue weighted by molar-refractivity contribution is 0.417. The Balaban J connectivity index is 2.21. The zero-order valence-corrected chi connectivity index (χ0v) is 9.27. The molecule has 4 heteroatoms. The van der Waals surface area contributed by atoms with E-state index in [1.54, 1.807) is 12.1 Å². The predicted octanol–water partition coefficient (Wildman–Crippen LogP) is 3.07.